The number of benzene rings is 3. The van der Waals surface area contributed by atoms with Gasteiger partial charge in [0, 0.05) is 28.3 Å². The largest absolute Gasteiger partial charge is 0.296 e. The Balaban J connectivity index is 1.47. The van der Waals surface area contributed by atoms with Crippen molar-refractivity contribution in [2.45, 2.75) is 28.9 Å². The fourth-order valence-corrected chi connectivity index (χ4v) is 5.33. The van der Waals surface area contributed by atoms with Gasteiger partial charge in [-0.3, -0.25) is 9.18 Å². The van der Waals surface area contributed by atoms with E-state index in [0.717, 1.165) is 28.2 Å². The number of hydrogen-bond donors (Lipinski definition) is 0. The second-order valence-corrected chi connectivity index (χ2v) is 9.75. The van der Waals surface area contributed by atoms with Gasteiger partial charge < -0.3 is 0 Å². The average molecular weight is 438 g/mol. The first kappa shape index (κ1) is 20.8. The Kier molecular flexibility index (Phi) is 6.37. The van der Waals surface area contributed by atoms with Crippen molar-refractivity contribution < 1.29 is 12.6 Å². The summed E-state index contributed by atoms with van der Waals surface area (Å²) in [5.74, 6) is 0.907. The zero-order valence-electron chi connectivity index (χ0n) is 16.7. The van der Waals surface area contributed by atoms with E-state index in [1.165, 1.54) is 10.5 Å². The number of fused-ring (bicyclic) bond motifs is 2. The molecule has 3 aromatic carbocycles. The zero-order valence-corrected chi connectivity index (χ0v) is 18.4. The molecule has 6 heteroatoms. The molecule has 0 unspecified atom stereocenters. The summed E-state index contributed by atoms with van der Waals surface area (Å²) in [5, 5.41) is 0. The van der Waals surface area contributed by atoms with Crippen LogP contribution in [0.15, 0.2) is 87.6 Å². The van der Waals surface area contributed by atoms with Gasteiger partial charge in [0.15, 0.2) is 0 Å². The van der Waals surface area contributed by atoms with Crippen LogP contribution in [0, 0.1) is 6.92 Å². The second-order valence-electron chi connectivity index (χ2n) is 7.12. The van der Waals surface area contributed by atoms with E-state index >= 15 is 0 Å². The van der Waals surface area contributed by atoms with Gasteiger partial charge in [-0.05, 0) is 37.1 Å². The number of thioether (sulfide) groups is 1. The fraction of sp³-hybridized carbons (Fsp3) is 0.208. The van der Waals surface area contributed by atoms with Gasteiger partial charge in [0.2, 0.25) is 0 Å². The third-order valence-corrected chi connectivity index (χ3v) is 7.37. The number of nitrogens with zero attached hydrogens (tertiary/aromatic N) is 1. The molecule has 1 heterocycles. The summed E-state index contributed by atoms with van der Waals surface area (Å²) in [6.07, 6.45) is 0.520. The van der Waals surface area contributed by atoms with E-state index in [2.05, 4.69) is 30.3 Å². The van der Waals surface area contributed by atoms with Crippen LogP contribution in [0.2, 0.25) is 0 Å². The molecule has 0 atom stereocenters. The highest BCUT2D eigenvalue weighted by atomic mass is 32.2. The first-order chi connectivity index (χ1) is 14.5. The van der Waals surface area contributed by atoms with Gasteiger partial charge in [0.1, 0.15) is 0 Å². The summed E-state index contributed by atoms with van der Waals surface area (Å²) >= 11 is 1.82. The molecular weight excluding hydrogens is 414 g/mol. The Labute approximate surface area is 182 Å². The molecule has 0 fully saturated rings. The van der Waals surface area contributed by atoms with Gasteiger partial charge in [-0.15, -0.1) is 11.8 Å². The molecule has 0 spiro atoms. The van der Waals surface area contributed by atoms with Gasteiger partial charge in [0.25, 0.3) is 10.1 Å². The molecule has 0 aromatic heterocycles. The highest BCUT2D eigenvalue weighted by Gasteiger charge is 2.19. The minimum absolute atomic E-state index is 0.102. The molecule has 0 N–H and O–H groups in total. The smallest absolute Gasteiger partial charge is 0.284 e. The van der Waals surface area contributed by atoms with Crippen LogP contribution in [0.25, 0.3) is 0 Å². The van der Waals surface area contributed by atoms with E-state index < -0.39 is 10.1 Å². The molecule has 0 amide bonds. The summed E-state index contributed by atoms with van der Waals surface area (Å²) < 4.78 is 29.8. The van der Waals surface area contributed by atoms with E-state index in [1.54, 1.807) is 24.3 Å². The van der Waals surface area contributed by atoms with Gasteiger partial charge in [-0.2, -0.15) is 8.42 Å². The maximum atomic E-state index is 12.3. The van der Waals surface area contributed by atoms with Crippen molar-refractivity contribution in [3.63, 3.8) is 0 Å². The van der Waals surface area contributed by atoms with E-state index in [9.17, 15) is 8.42 Å². The summed E-state index contributed by atoms with van der Waals surface area (Å²) in [4.78, 5) is 6.26. The Hall–Kier alpha value is -2.41. The molecule has 0 aliphatic carbocycles. The first-order valence-corrected chi connectivity index (χ1v) is 12.2. The first-order valence-electron chi connectivity index (χ1n) is 9.86. The van der Waals surface area contributed by atoms with E-state index in [1.807, 2.05) is 36.9 Å². The van der Waals surface area contributed by atoms with Crippen molar-refractivity contribution in [3.05, 3.63) is 95.1 Å². The number of aliphatic imine (C=N–C) groups is 1. The normalized spacial score (nSPS) is 14.8. The molecule has 30 heavy (non-hydrogen) atoms. The molecule has 4 nitrogen and oxygen atoms in total. The third kappa shape index (κ3) is 4.67. The third-order valence-electron chi connectivity index (χ3n) is 4.92. The van der Waals surface area contributed by atoms with Gasteiger partial charge in [-0.25, -0.2) is 0 Å². The summed E-state index contributed by atoms with van der Waals surface area (Å²) in [7, 11) is -3.74. The van der Waals surface area contributed by atoms with Crippen molar-refractivity contribution in [2.24, 2.45) is 4.99 Å². The molecule has 3 aromatic rings. The molecule has 0 radical (unpaired) electrons. The summed E-state index contributed by atoms with van der Waals surface area (Å²) in [5.41, 5.74) is 5.50. The average Bonchev–Trinajstić information content (AvgIpc) is 2.91. The van der Waals surface area contributed by atoms with Crippen molar-refractivity contribution >= 4 is 27.6 Å². The Morgan fingerprint density at radius 2 is 1.63 bits per heavy atom. The fourth-order valence-electron chi connectivity index (χ4n) is 3.33. The lowest BCUT2D eigenvalue weighted by molar-refractivity contribution is 0.314. The summed E-state index contributed by atoms with van der Waals surface area (Å²) in [6, 6.07) is 23.3. The number of rotatable bonds is 6. The topological polar surface area (TPSA) is 55.7 Å². The summed E-state index contributed by atoms with van der Waals surface area (Å²) in [6.45, 7) is 2.51. The molecule has 0 saturated heterocycles. The van der Waals surface area contributed by atoms with E-state index in [0.29, 0.717) is 13.0 Å². The molecule has 4 rings (SSSR count). The van der Waals surface area contributed by atoms with Crippen LogP contribution < -0.4 is 0 Å². The number of aryl methyl sites for hydroxylation is 1. The Bertz CT molecular complexity index is 1120. The molecule has 1 aliphatic rings. The van der Waals surface area contributed by atoms with Crippen molar-refractivity contribution in [2.75, 3.05) is 13.2 Å². The minimum Gasteiger partial charge on any atom is -0.284 e. The highest BCUT2D eigenvalue weighted by Crippen LogP contribution is 2.34. The van der Waals surface area contributed by atoms with Crippen molar-refractivity contribution in [3.8, 4) is 0 Å². The van der Waals surface area contributed by atoms with Crippen LogP contribution >= 0.6 is 11.8 Å². The predicted molar refractivity (Wildman–Crippen MR) is 122 cm³/mol. The lowest BCUT2D eigenvalue weighted by Gasteiger charge is -2.10. The van der Waals surface area contributed by atoms with Crippen LogP contribution in [0.5, 0.6) is 0 Å². The second kappa shape index (κ2) is 9.16. The lowest BCUT2D eigenvalue weighted by Crippen LogP contribution is -2.10. The molecule has 154 valence electrons. The molecular formula is C24H23NO3S2. The molecule has 1 aliphatic heterocycles. The van der Waals surface area contributed by atoms with E-state index in [-0.39, 0.29) is 11.5 Å². The predicted octanol–water partition coefficient (Wildman–Crippen LogP) is 5.23. The van der Waals surface area contributed by atoms with Crippen LogP contribution in [0.4, 0.5) is 0 Å². The Morgan fingerprint density at radius 1 is 0.933 bits per heavy atom. The van der Waals surface area contributed by atoms with Gasteiger partial charge in [-0.1, -0.05) is 60.2 Å². The monoisotopic (exact) mass is 437 g/mol. The van der Waals surface area contributed by atoms with Crippen molar-refractivity contribution in [1.82, 2.24) is 0 Å². The lowest BCUT2D eigenvalue weighted by atomic mass is 9.98. The standard InChI is InChI=1S/C24H23NO3S2/c1-18-11-13-20(14-12-18)30(26,27)28-16-6-15-25-24-21-8-3-2-7-19(21)17-29-23-10-5-4-9-22(23)24/h2-5,7-14H,6,15-17H2,1H3/b25-24+. The maximum Gasteiger partial charge on any atom is 0.296 e. The molecule has 0 saturated carbocycles. The van der Waals surface area contributed by atoms with E-state index in [4.69, 9.17) is 9.18 Å². The number of hydrogen-bond acceptors (Lipinski definition) is 5. The zero-order chi connectivity index (χ0) is 21.0. The van der Waals surface area contributed by atoms with Crippen LogP contribution in [0.3, 0.4) is 0 Å². The quantitative estimate of drug-likeness (QED) is 0.391. The molecule has 0 bridgehead atoms. The van der Waals surface area contributed by atoms with Crippen LogP contribution in [-0.2, 0) is 20.1 Å². The minimum atomic E-state index is -3.74. The van der Waals surface area contributed by atoms with Crippen LogP contribution in [-0.4, -0.2) is 27.3 Å². The SMILES string of the molecule is Cc1ccc(S(=O)(=O)OCCC/N=C2\c3ccccc3CSc3ccccc32)cc1. The highest BCUT2D eigenvalue weighted by molar-refractivity contribution is 7.98. The van der Waals surface area contributed by atoms with Gasteiger partial charge >= 0.3 is 0 Å². The van der Waals surface area contributed by atoms with Gasteiger partial charge in [0.05, 0.1) is 17.2 Å². The van der Waals surface area contributed by atoms with Crippen molar-refractivity contribution in [1.29, 1.82) is 0 Å². The maximum absolute atomic E-state index is 12.3. The Morgan fingerprint density at radius 3 is 2.43 bits per heavy atom. The van der Waals surface area contributed by atoms with Crippen LogP contribution in [0.1, 0.15) is 28.7 Å².